The standard InChI is InChI=1S/C22H24FNO4/c1-3-19(22(26)27)28-17-9-8-14-10-11-24(20(25)4-2)21(18(14)13-17)15-6-5-7-16(23)12-15/h5-9,12-13,19,21H,3-4,10-11H2,1-2H3,(H,26,27). The van der Waals surface area contributed by atoms with Crippen LogP contribution in [0, 0.1) is 5.82 Å². The summed E-state index contributed by atoms with van der Waals surface area (Å²) in [7, 11) is 0. The predicted molar refractivity (Wildman–Crippen MR) is 103 cm³/mol. The first-order valence-corrected chi connectivity index (χ1v) is 9.51. The Morgan fingerprint density at radius 2 is 2.04 bits per heavy atom. The highest BCUT2D eigenvalue weighted by molar-refractivity contribution is 5.77. The van der Waals surface area contributed by atoms with Crippen molar-refractivity contribution in [2.24, 2.45) is 0 Å². The number of carbonyl (C=O) groups excluding carboxylic acids is 1. The molecule has 5 nitrogen and oxygen atoms in total. The van der Waals surface area contributed by atoms with E-state index < -0.39 is 18.1 Å². The zero-order valence-corrected chi connectivity index (χ0v) is 16.0. The van der Waals surface area contributed by atoms with Gasteiger partial charge in [0, 0.05) is 13.0 Å². The van der Waals surface area contributed by atoms with Crippen molar-refractivity contribution in [3.05, 3.63) is 65.0 Å². The van der Waals surface area contributed by atoms with Gasteiger partial charge in [-0.25, -0.2) is 9.18 Å². The zero-order valence-electron chi connectivity index (χ0n) is 16.0. The van der Waals surface area contributed by atoms with Crippen LogP contribution in [0.15, 0.2) is 42.5 Å². The molecule has 1 heterocycles. The lowest BCUT2D eigenvalue weighted by molar-refractivity contribution is -0.145. The zero-order chi connectivity index (χ0) is 20.3. The third-order valence-corrected chi connectivity index (χ3v) is 5.06. The van der Waals surface area contributed by atoms with Gasteiger partial charge in [-0.05, 0) is 53.8 Å². The number of carboxylic acid groups (broad SMARTS) is 1. The fourth-order valence-electron chi connectivity index (χ4n) is 3.65. The number of hydrogen-bond acceptors (Lipinski definition) is 3. The van der Waals surface area contributed by atoms with Gasteiger partial charge < -0.3 is 14.7 Å². The van der Waals surface area contributed by atoms with E-state index in [9.17, 15) is 19.1 Å². The van der Waals surface area contributed by atoms with Gasteiger partial charge in [0.15, 0.2) is 6.10 Å². The van der Waals surface area contributed by atoms with E-state index in [1.165, 1.54) is 12.1 Å². The van der Waals surface area contributed by atoms with E-state index in [2.05, 4.69) is 0 Å². The van der Waals surface area contributed by atoms with E-state index in [0.29, 0.717) is 37.1 Å². The minimum absolute atomic E-state index is 0.0109. The Labute approximate surface area is 163 Å². The minimum Gasteiger partial charge on any atom is -0.479 e. The first-order chi connectivity index (χ1) is 13.4. The number of carbonyl (C=O) groups is 2. The Hall–Kier alpha value is -2.89. The molecule has 0 aromatic heterocycles. The number of rotatable bonds is 6. The van der Waals surface area contributed by atoms with Crippen LogP contribution in [0.4, 0.5) is 4.39 Å². The van der Waals surface area contributed by atoms with Gasteiger partial charge in [-0.3, -0.25) is 4.79 Å². The summed E-state index contributed by atoms with van der Waals surface area (Å²) in [5.41, 5.74) is 2.58. The molecule has 1 aliphatic rings. The van der Waals surface area contributed by atoms with Crippen LogP contribution in [-0.4, -0.2) is 34.5 Å². The summed E-state index contributed by atoms with van der Waals surface area (Å²) in [5.74, 6) is -0.967. The molecule has 1 amide bonds. The summed E-state index contributed by atoms with van der Waals surface area (Å²) in [6.45, 7) is 4.10. The van der Waals surface area contributed by atoms with E-state index in [0.717, 1.165) is 11.1 Å². The van der Waals surface area contributed by atoms with Gasteiger partial charge in [0.25, 0.3) is 0 Å². The lowest BCUT2D eigenvalue weighted by atomic mass is 9.87. The van der Waals surface area contributed by atoms with E-state index in [1.807, 2.05) is 6.07 Å². The summed E-state index contributed by atoms with van der Waals surface area (Å²) in [6, 6.07) is 11.3. The fraction of sp³-hybridized carbons (Fsp3) is 0.364. The Bertz CT molecular complexity index is 883. The molecular formula is C22H24FNO4. The molecule has 2 atom stereocenters. The van der Waals surface area contributed by atoms with Crippen molar-refractivity contribution in [1.29, 1.82) is 0 Å². The molecule has 0 bridgehead atoms. The van der Waals surface area contributed by atoms with Crippen molar-refractivity contribution in [3.8, 4) is 5.75 Å². The molecular weight excluding hydrogens is 361 g/mol. The van der Waals surface area contributed by atoms with Gasteiger partial charge >= 0.3 is 5.97 Å². The number of carboxylic acids is 1. The fourth-order valence-corrected chi connectivity index (χ4v) is 3.65. The molecule has 2 aromatic carbocycles. The molecule has 2 unspecified atom stereocenters. The molecule has 1 aliphatic heterocycles. The molecule has 0 radical (unpaired) electrons. The van der Waals surface area contributed by atoms with Gasteiger partial charge in [0.1, 0.15) is 11.6 Å². The van der Waals surface area contributed by atoms with Gasteiger partial charge in [-0.15, -0.1) is 0 Å². The molecule has 0 saturated heterocycles. The summed E-state index contributed by atoms with van der Waals surface area (Å²) in [4.78, 5) is 25.6. The van der Waals surface area contributed by atoms with Crippen LogP contribution in [0.5, 0.6) is 5.75 Å². The van der Waals surface area contributed by atoms with Crippen molar-refractivity contribution in [3.63, 3.8) is 0 Å². The highest BCUT2D eigenvalue weighted by atomic mass is 19.1. The monoisotopic (exact) mass is 385 g/mol. The first kappa shape index (κ1) is 19.9. The van der Waals surface area contributed by atoms with E-state index in [4.69, 9.17) is 4.74 Å². The normalized spacial score (nSPS) is 17.0. The van der Waals surface area contributed by atoms with E-state index in [-0.39, 0.29) is 11.7 Å². The topological polar surface area (TPSA) is 66.8 Å². The van der Waals surface area contributed by atoms with Crippen LogP contribution >= 0.6 is 0 Å². The van der Waals surface area contributed by atoms with Crippen molar-refractivity contribution >= 4 is 11.9 Å². The molecule has 0 aliphatic carbocycles. The maximum absolute atomic E-state index is 13.9. The maximum Gasteiger partial charge on any atom is 0.344 e. The Kier molecular flexibility index (Phi) is 5.97. The van der Waals surface area contributed by atoms with Crippen LogP contribution in [0.1, 0.15) is 49.4 Å². The molecule has 2 aromatic rings. The highest BCUT2D eigenvalue weighted by Gasteiger charge is 2.32. The summed E-state index contributed by atoms with van der Waals surface area (Å²) in [5, 5.41) is 9.26. The third kappa shape index (κ3) is 4.01. The molecule has 6 heteroatoms. The number of fused-ring (bicyclic) bond motifs is 1. The second kappa shape index (κ2) is 8.42. The molecule has 0 fully saturated rings. The Balaban J connectivity index is 2.06. The molecule has 28 heavy (non-hydrogen) atoms. The number of hydrogen-bond donors (Lipinski definition) is 1. The number of benzene rings is 2. The number of ether oxygens (including phenoxy) is 1. The quantitative estimate of drug-likeness (QED) is 0.818. The highest BCUT2D eigenvalue weighted by Crippen LogP contribution is 2.38. The molecule has 0 saturated carbocycles. The van der Waals surface area contributed by atoms with Crippen molar-refractivity contribution in [2.75, 3.05) is 6.54 Å². The van der Waals surface area contributed by atoms with Crippen LogP contribution in [0.2, 0.25) is 0 Å². The number of aliphatic carboxylic acids is 1. The van der Waals surface area contributed by atoms with Gasteiger partial charge in [0.05, 0.1) is 6.04 Å². The lowest BCUT2D eigenvalue weighted by Crippen LogP contribution is -2.40. The minimum atomic E-state index is -1.02. The van der Waals surface area contributed by atoms with E-state index in [1.54, 1.807) is 43.0 Å². The SMILES string of the molecule is CCC(=O)N1CCc2ccc(OC(CC)C(=O)O)cc2C1c1cccc(F)c1. The maximum atomic E-state index is 13.9. The summed E-state index contributed by atoms with van der Waals surface area (Å²) < 4.78 is 19.5. The number of halogens is 1. The summed E-state index contributed by atoms with van der Waals surface area (Å²) >= 11 is 0. The number of amides is 1. The van der Waals surface area contributed by atoms with Crippen LogP contribution in [0.25, 0.3) is 0 Å². The number of nitrogens with zero attached hydrogens (tertiary/aromatic N) is 1. The second-order valence-corrected chi connectivity index (χ2v) is 6.86. The molecule has 1 N–H and O–H groups in total. The third-order valence-electron chi connectivity index (χ3n) is 5.06. The largest absolute Gasteiger partial charge is 0.479 e. The smallest absolute Gasteiger partial charge is 0.344 e. The first-order valence-electron chi connectivity index (χ1n) is 9.51. The molecule has 3 rings (SSSR count). The van der Waals surface area contributed by atoms with Crippen LogP contribution < -0.4 is 4.74 Å². The molecule has 148 valence electrons. The summed E-state index contributed by atoms with van der Waals surface area (Å²) in [6.07, 6.45) is 0.431. The average molecular weight is 385 g/mol. The second-order valence-electron chi connectivity index (χ2n) is 6.86. The van der Waals surface area contributed by atoms with Gasteiger partial charge in [0.2, 0.25) is 5.91 Å². The molecule has 0 spiro atoms. The average Bonchev–Trinajstić information content (AvgIpc) is 2.70. The van der Waals surface area contributed by atoms with Gasteiger partial charge in [-0.2, -0.15) is 0 Å². The van der Waals surface area contributed by atoms with Crippen LogP contribution in [0.3, 0.4) is 0 Å². The van der Waals surface area contributed by atoms with Crippen LogP contribution in [-0.2, 0) is 16.0 Å². The van der Waals surface area contributed by atoms with Gasteiger partial charge in [-0.1, -0.05) is 32.0 Å². The Morgan fingerprint density at radius 1 is 1.25 bits per heavy atom. The van der Waals surface area contributed by atoms with Crippen molar-refractivity contribution in [1.82, 2.24) is 4.90 Å². The van der Waals surface area contributed by atoms with Crippen molar-refractivity contribution in [2.45, 2.75) is 45.3 Å². The van der Waals surface area contributed by atoms with E-state index >= 15 is 0 Å². The lowest BCUT2D eigenvalue weighted by Gasteiger charge is -2.38. The Morgan fingerprint density at radius 3 is 2.68 bits per heavy atom. The van der Waals surface area contributed by atoms with Crippen molar-refractivity contribution < 1.29 is 23.8 Å². The predicted octanol–water partition coefficient (Wildman–Crippen LogP) is 3.95.